The first-order chi connectivity index (χ1) is 19.0. The van der Waals surface area contributed by atoms with E-state index in [9.17, 15) is 18.0 Å². The first-order valence-electron chi connectivity index (χ1n) is 12.5. The molecular weight excluding hydrogens is 541 g/mol. The molecule has 0 saturated heterocycles. The third-order valence-corrected chi connectivity index (χ3v) is 6.83. The molecule has 0 atom stereocenters. The van der Waals surface area contributed by atoms with E-state index in [1.165, 1.54) is 18.5 Å². The molecule has 0 radical (unpaired) electrons. The molecule has 0 unspecified atom stereocenters. The summed E-state index contributed by atoms with van der Waals surface area (Å²) >= 11 is 6.48. The minimum Gasteiger partial charge on any atom is -0.486 e. The van der Waals surface area contributed by atoms with Gasteiger partial charge in [0.1, 0.15) is 23.4 Å². The number of alkyl halides is 3. The van der Waals surface area contributed by atoms with Gasteiger partial charge in [0.15, 0.2) is 0 Å². The maximum atomic E-state index is 13.3. The summed E-state index contributed by atoms with van der Waals surface area (Å²) in [4.78, 5) is 23.7. The van der Waals surface area contributed by atoms with E-state index in [0.717, 1.165) is 39.5 Å². The Hall–Kier alpha value is -4.11. The molecule has 3 heterocycles. The normalized spacial score (nSPS) is 12.0. The quantitative estimate of drug-likeness (QED) is 0.206. The van der Waals surface area contributed by atoms with E-state index in [4.69, 9.17) is 21.3 Å². The fourth-order valence-electron chi connectivity index (χ4n) is 4.37. The van der Waals surface area contributed by atoms with Gasteiger partial charge in [-0.3, -0.25) is 9.78 Å². The Morgan fingerprint density at radius 1 is 1.23 bits per heavy atom. The van der Waals surface area contributed by atoms with Gasteiger partial charge in [-0.2, -0.15) is 13.2 Å². The number of hydrogen-bond donors (Lipinski definition) is 0. The number of fused-ring (bicyclic) bond motifs is 1. The van der Waals surface area contributed by atoms with E-state index in [1.807, 2.05) is 38.2 Å². The van der Waals surface area contributed by atoms with E-state index < -0.39 is 17.3 Å². The van der Waals surface area contributed by atoms with E-state index in [0.29, 0.717) is 27.5 Å². The largest absolute Gasteiger partial charge is 0.486 e. The zero-order valence-electron chi connectivity index (χ0n) is 22.3. The molecule has 4 aromatic rings. The minimum absolute atomic E-state index is 0.0377. The molecule has 0 bridgehead atoms. The van der Waals surface area contributed by atoms with Crippen molar-refractivity contribution < 1.29 is 17.9 Å². The van der Waals surface area contributed by atoms with Crippen LogP contribution in [0.4, 0.5) is 13.2 Å². The maximum Gasteiger partial charge on any atom is 0.421 e. The molecule has 0 amide bonds. The summed E-state index contributed by atoms with van der Waals surface area (Å²) in [6, 6.07) is 11.1. The van der Waals surface area contributed by atoms with Gasteiger partial charge >= 0.3 is 6.18 Å². The maximum absolute atomic E-state index is 13.3. The minimum atomic E-state index is -4.77. The number of hydrogen-bond acceptors (Lipinski definition) is 5. The van der Waals surface area contributed by atoms with Crippen molar-refractivity contribution in [2.45, 2.75) is 33.2 Å². The summed E-state index contributed by atoms with van der Waals surface area (Å²) in [6.45, 7) is 8.36. The summed E-state index contributed by atoms with van der Waals surface area (Å²) in [5.74, 6) is 0.502. The molecule has 0 saturated carbocycles. The summed E-state index contributed by atoms with van der Waals surface area (Å²) in [5, 5.41) is 1.19. The Balaban J connectivity index is 1.72. The Bertz CT molecular complexity index is 1650. The van der Waals surface area contributed by atoms with Gasteiger partial charge in [0, 0.05) is 53.9 Å². The number of pyridine rings is 3. The second-order valence-corrected chi connectivity index (χ2v) is 9.53. The number of ether oxygens (including phenoxy) is 1. The first-order valence-corrected chi connectivity index (χ1v) is 12.9. The van der Waals surface area contributed by atoms with Crippen molar-refractivity contribution in [1.29, 1.82) is 0 Å². The molecule has 0 aliphatic heterocycles. The molecule has 3 aromatic heterocycles. The van der Waals surface area contributed by atoms with E-state index >= 15 is 0 Å². The van der Waals surface area contributed by atoms with Crippen LogP contribution in [0, 0.1) is 6.92 Å². The average molecular weight is 569 g/mol. The highest BCUT2D eigenvalue weighted by Crippen LogP contribution is 2.33. The number of para-hydroxylation sites is 1. The van der Waals surface area contributed by atoms with Gasteiger partial charge < -0.3 is 14.2 Å². The van der Waals surface area contributed by atoms with Crippen molar-refractivity contribution in [3.8, 4) is 5.75 Å². The second-order valence-electron chi connectivity index (χ2n) is 9.12. The zero-order valence-corrected chi connectivity index (χ0v) is 23.1. The van der Waals surface area contributed by atoms with Crippen molar-refractivity contribution in [3.63, 3.8) is 0 Å². The summed E-state index contributed by atoms with van der Waals surface area (Å²) < 4.78 is 47.0. The van der Waals surface area contributed by atoms with Gasteiger partial charge in [0.25, 0.3) is 5.56 Å². The second kappa shape index (κ2) is 12.0. The highest BCUT2D eigenvalue weighted by Gasteiger charge is 2.34. The standard InChI is InChI=1S/C30H28ClF3N4O2/c1-5-9-26(37(4)6-2)21-16-19(3)36-28-20(21)10-7-12-27(28)40-18-22-24(31)13-14-35-25(22)17-38-15-8-11-23(29(38)39)30(32,33)34/h5,7-16H,1,6,17-18H2,2-4H3/b26-9-. The molecule has 40 heavy (non-hydrogen) atoms. The van der Waals surface area contributed by atoms with Crippen LogP contribution in [0.5, 0.6) is 5.75 Å². The molecule has 0 spiro atoms. The SMILES string of the molecule is C=C/C=C(/c1cc(C)nc2c(OCc3c(Cl)ccnc3Cn3cccc(C(F)(F)F)c3=O)cccc12)N(C)CC. The van der Waals surface area contributed by atoms with Crippen LogP contribution < -0.4 is 10.3 Å². The molecule has 208 valence electrons. The van der Waals surface area contributed by atoms with Crippen LogP contribution in [0.3, 0.4) is 0 Å². The lowest BCUT2D eigenvalue weighted by Gasteiger charge is -2.23. The number of allylic oxidation sites excluding steroid dienone is 2. The van der Waals surface area contributed by atoms with Crippen LogP contribution in [0.25, 0.3) is 16.6 Å². The van der Waals surface area contributed by atoms with Crippen LogP contribution in [0.2, 0.25) is 5.02 Å². The van der Waals surface area contributed by atoms with E-state index in [-0.39, 0.29) is 13.2 Å². The molecule has 1 aromatic carbocycles. The van der Waals surface area contributed by atoms with Crippen LogP contribution in [0.1, 0.15) is 35.0 Å². The van der Waals surface area contributed by atoms with Crippen LogP contribution >= 0.6 is 11.6 Å². The number of rotatable bonds is 9. The smallest absolute Gasteiger partial charge is 0.421 e. The summed E-state index contributed by atoms with van der Waals surface area (Å²) in [6.07, 6.45) is 1.64. The van der Waals surface area contributed by atoms with Gasteiger partial charge in [0.05, 0.1) is 17.3 Å². The molecule has 0 N–H and O–H groups in total. The highest BCUT2D eigenvalue weighted by molar-refractivity contribution is 6.31. The predicted molar refractivity (Wildman–Crippen MR) is 151 cm³/mol. The number of benzene rings is 1. The number of aromatic nitrogens is 3. The summed E-state index contributed by atoms with van der Waals surface area (Å²) in [5.41, 5.74) is 1.76. The Labute approximate surface area is 235 Å². The predicted octanol–water partition coefficient (Wildman–Crippen LogP) is 6.88. The Morgan fingerprint density at radius 3 is 2.70 bits per heavy atom. The Morgan fingerprint density at radius 2 is 2.00 bits per heavy atom. The summed E-state index contributed by atoms with van der Waals surface area (Å²) in [7, 11) is 2.00. The van der Waals surface area contributed by atoms with Crippen molar-refractivity contribution in [3.05, 3.63) is 117 Å². The van der Waals surface area contributed by atoms with Gasteiger partial charge in [-0.05, 0) is 50.3 Å². The van der Waals surface area contributed by atoms with Gasteiger partial charge in [0.2, 0.25) is 0 Å². The van der Waals surface area contributed by atoms with Crippen molar-refractivity contribution in [2.24, 2.45) is 0 Å². The van der Waals surface area contributed by atoms with Gasteiger partial charge in [-0.1, -0.05) is 36.4 Å². The van der Waals surface area contributed by atoms with Crippen LogP contribution in [-0.4, -0.2) is 33.0 Å². The number of aryl methyl sites for hydroxylation is 1. The topological polar surface area (TPSA) is 60.3 Å². The van der Waals surface area contributed by atoms with Gasteiger partial charge in [-0.15, -0.1) is 0 Å². The molecule has 0 aliphatic carbocycles. The van der Waals surface area contributed by atoms with Crippen LogP contribution in [-0.2, 0) is 19.3 Å². The average Bonchev–Trinajstić information content (AvgIpc) is 2.91. The fraction of sp³-hybridized carbons (Fsp3) is 0.233. The monoisotopic (exact) mass is 568 g/mol. The molecule has 4 rings (SSSR count). The van der Waals surface area contributed by atoms with Crippen molar-refractivity contribution in [2.75, 3.05) is 13.6 Å². The van der Waals surface area contributed by atoms with Crippen molar-refractivity contribution in [1.82, 2.24) is 19.4 Å². The van der Waals surface area contributed by atoms with Crippen molar-refractivity contribution >= 4 is 28.2 Å². The molecule has 6 nitrogen and oxygen atoms in total. The molecular formula is C30H28ClF3N4O2. The Kier molecular flexibility index (Phi) is 8.64. The zero-order chi connectivity index (χ0) is 29.0. The molecule has 0 fully saturated rings. The lowest BCUT2D eigenvalue weighted by atomic mass is 10.0. The molecule has 10 heteroatoms. The lowest BCUT2D eigenvalue weighted by Crippen LogP contribution is -2.28. The third-order valence-electron chi connectivity index (χ3n) is 6.47. The van der Waals surface area contributed by atoms with E-state index in [1.54, 1.807) is 18.2 Å². The van der Waals surface area contributed by atoms with E-state index in [2.05, 4.69) is 23.4 Å². The first kappa shape index (κ1) is 28.9. The fourth-order valence-corrected chi connectivity index (χ4v) is 4.59. The third kappa shape index (κ3) is 6.04. The van der Waals surface area contributed by atoms with Crippen LogP contribution in [0.15, 0.2) is 78.4 Å². The number of nitrogens with zero attached hydrogens (tertiary/aromatic N) is 4. The number of halogens is 4. The molecule has 0 aliphatic rings. The lowest BCUT2D eigenvalue weighted by molar-refractivity contribution is -0.138. The van der Waals surface area contributed by atoms with Gasteiger partial charge in [-0.25, -0.2) is 4.98 Å². The highest BCUT2D eigenvalue weighted by atomic mass is 35.5.